The molecule has 0 saturated carbocycles. The molecule has 0 bridgehead atoms. The van der Waals surface area contributed by atoms with Gasteiger partial charge in [-0.15, -0.1) is 0 Å². The summed E-state index contributed by atoms with van der Waals surface area (Å²) in [5.74, 6) is -0.0300. The SMILES string of the molecule is Cc1c(I)cccc1NC(=O)CCN. The molecule has 0 atom stereocenters. The molecule has 0 radical (unpaired) electrons. The molecule has 1 aromatic carbocycles. The summed E-state index contributed by atoms with van der Waals surface area (Å²) in [4.78, 5) is 11.3. The first-order valence-electron chi connectivity index (χ1n) is 4.40. The lowest BCUT2D eigenvalue weighted by atomic mass is 10.2. The minimum atomic E-state index is -0.0300. The third-order valence-corrected chi connectivity index (χ3v) is 3.08. The zero-order chi connectivity index (χ0) is 10.6. The fourth-order valence-corrected chi connectivity index (χ4v) is 1.58. The van der Waals surface area contributed by atoms with E-state index >= 15 is 0 Å². The number of amides is 1. The number of hydrogen-bond donors (Lipinski definition) is 2. The maximum absolute atomic E-state index is 11.3. The Morgan fingerprint density at radius 1 is 1.57 bits per heavy atom. The van der Waals surface area contributed by atoms with E-state index in [1.54, 1.807) is 0 Å². The Hall–Kier alpha value is -0.620. The van der Waals surface area contributed by atoms with Gasteiger partial charge in [0, 0.05) is 22.2 Å². The van der Waals surface area contributed by atoms with E-state index in [9.17, 15) is 4.79 Å². The van der Waals surface area contributed by atoms with Crippen LogP contribution in [0, 0.1) is 10.5 Å². The molecule has 1 rings (SSSR count). The third-order valence-electron chi connectivity index (χ3n) is 1.91. The lowest BCUT2D eigenvalue weighted by Crippen LogP contribution is -2.16. The molecule has 0 heterocycles. The van der Waals surface area contributed by atoms with Gasteiger partial charge in [-0.3, -0.25) is 4.79 Å². The van der Waals surface area contributed by atoms with Gasteiger partial charge >= 0.3 is 0 Å². The van der Waals surface area contributed by atoms with E-state index in [1.165, 1.54) is 0 Å². The van der Waals surface area contributed by atoms with Crippen LogP contribution in [-0.4, -0.2) is 12.5 Å². The van der Waals surface area contributed by atoms with E-state index in [1.807, 2.05) is 25.1 Å². The zero-order valence-electron chi connectivity index (χ0n) is 8.01. The molecule has 0 fully saturated rings. The molecule has 0 saturated heterocycles. The lowest BCUT2D eigenvalue weighted by molar-refractivity contribution is -0.116. The van der Waals surface area contributed by atoms with Crippen molar-refractivity contribution in [3.63, 3.8) is 0 Å². The van der Waals surface area contributed by atoms with Crippen molar-refractivity contribution in [2.24, 2.45) is 5.73 Å². The highest BCUT2D eigenvalue weighted by Gasteiger charge is 2.04. The first-order chi connectivity index (χ1) is 6.65. The minimum absolute atomic E-state index is 0.0300. The Bertz CT molecular complexity index is 339. The summed E-state index contributed by atoms with van der Waals surface area (Å²) >= 11 is 2.24. The topological polar surface area (TPSA) is 55.1 Å². The van der Waals surface area contributed by atoms with Gasteiger partial charge in [0.15, 0.2) is 0 Å². The summed E-state index contributed by atoms with van der Waals surface area (Å²) in [6, 6.07) is 5.83. The van der Waals surface area contributed by atoms with Gasteiger partial charge in [0.05, 0.1) is 0 Å². The van der Waals surface area contributed by atoms with E-state index in [4.69, 9.17) is 5.73 Å². The summed E-state index contributed by atoms with van der Waals surface area (Å²) in [7, 11) is 0. The predicted molar refractivity (Wildman–Crippen MR) is 66.2 cm³/mol. The largest absolute Gasteiger partial charge is 0.330 e. The van der Waals surface area contributed by atoms with Crippen LogP contribution in [0.15, 0.2) is 18.2 Å². The van der Waals surface area contributed by atoms with Crippen LogP contribution in [0.25, 0.3) is 0 Å². The smallest absolute Gasteiger partial charge is 0.225 e. The predicted octanol–water partition coefficient (Wildman–Crippen LogP) is 1.89. The van der Waals surface area contributed by atoms with Crippen LogP contribution in [0.3, 0.4) is 0 Å². The summed E-state index contributed by atoms with van der Waals surface area (Å²) in [5.41, 5.74) is 7.26. The van der Waals surface area contributed by atoms with Crippen molar-refractivity contribution in [1.29, 1.82) is 0 Å². The molecule has 3 nitrogen and oxygen atoms in total. The van der Waals surface area contributed by atoms with Crippen molar-refractivity contribution in [3.8, 4) is 0 Å². The molecule has 0 aliphatic heterocycles. The minimum Gasteiger partial charge on any atom is -0.330 e. The maximum atomic E-state index is 11.3. The number of hydrogen-bond acceptors (Lipinski definition) is 2. The zero-order valence-corrected chi connectivity index (χ0v) is 10.2. The van der Waals surface area contributed by atoms with Crippen LogP contribution in [0.4, 0.5) is 5.69 Å². The third kappa shape index (κ3) is 2.95. The highest BCUT2D eigenvalue weighted by Crippen LogP contribution is 2.20. The second-order valence-corrected chi connectivity index (χ2v) is 4.16. The molecular weight excluding hydrogens is 291 g/mol. The van der Waals surface area contributed by atoms with E-state index in [0.717, 1.165) is 14.8 Å². The maximum Gasteiger partial charge on any atom is 0.225 e. The van der Waals surface area contributed by atoms with Crippen molar-refractivity contribution in [2.75, 3.05) is 11.9 Å². The molecule has 1 aromatic rings. The average molecular weight is 304 g/mol. The van der Waals surface area contributed by atoms with Crippen LogP contribution in [0.5, 0.6) is 0 Å². The van der Waals surface area contributed by atoms with Gasteiger partial charge in [-0.1, -0.05) is 6.07 Å². The van der Waals surface area contributed by atoms with Crippen molar-refractivity contribution in [2.45, 2.75) is 13.3 Å². The van der Waals surface area contributed by atoms with Gasteiger partial charge in [0.2, 0.25) is 5.91 Å². The van der Waals surface area contributed by atoms with Crippen molar-refractivity contribution >= 4 is 34.2 Å². The van der Waals surface area contributed by atoms with Crippen LogP contribution >= 0.6 is 22.6 Å². The fourth-order valence-electron chi connectivity index (χ4n) is 1.09. The van der Waals surface area contributed by atoms with Gasteiger partial charge < -0.3 is 11.1 Å². The average Bonchev–Trinajstić information content (AvgIpc) is 2.13. The molecule has 3 N–H and O–H groups in total. The van der Waals surface area contributed by atoms with Gasteiger partial charge in [-0.05, 0) is 47.2 Å². The lowest BCUT2D eigenvalue weighted by Gasteiger charge is -2.08. The molecule has 0 aromatic heterocycles. The monoisotopic (exact) mass is 304 g/mol. The molecule has 0 spiro atoms. The number of halogens is 1. The number of nitrogens with two attached hydrogens (primary N) is 1. The second kappa shape index (κ2) is 5.31. The fraction of sp³-hybridized carbons (Fsp3) is 0.300. The summed E-state index contributed by atoms with van der Waals surface area (Å²) in [6.45, 7) is 2.37. The Labute approximate surface area is 97.2 Å². The number of nitrogens with one attached hydrogen (secondary N) is 1. The van der Waals surface area contributed by atoms with Crippen LogP contribution < -0.4 is 11.1 Å². The molecule has 0 aliphatic rings. The Kier molecular flexibility index (Phi) is 4.34. The molecule has 0 aliphatic carbocycles. The molecule has 4 heteroatoms. The van der Waals surface area contributed by atoms with E-state index in [2.05, 4.69) is 27.9 Å². The van der Waals surface area contributed by atoms with Crippen molar-refractivity contribution < 1.29 is 4.79 Å². The Morgan fingerprint density at radius 3 is 2.93 bits per heavy atom. The standard InChI is InChI=1S/C10H13IN2O/c1-7-8(11)3-2-4-9(7)13-10(14)5-6-12/h2-4H,5-6,12H2,1H3,(H,13,14). The first-order valence-corrected chi connectivity index (χ1v) is 5.48. The van der Waals surface area contributed by atoms with Crippen LogP contribution in [0.1, 0.15) is 12.0 Å². The molecular formula is C10H13IN2O. The number of anilines is 1. The van der Waals surface area contributed by atoms with Gasteiger partial charge in [0.25, 0.3) is 0 Å². The van der Waals surface area contributed by atoms with Crippen molar-refractivity contribution in [3.05, 3.63) is 27.3 Å². The molecule has 0 unspecified atom stereocenters. The second-order valence-electron chi connectivity index (χ2n) is 3.00. The van der Waals surface area contributed by atoms with Gasteiger partial charge in [-0.25, -0.2) is 0 Å². The normalized spacial score (nSPS) is 9.93. The first kappa shape index (κ1) is 11.5. The molecule has 14 heavy (non-hydrogen) atoms. The number of rotatable bonds is 3. The van der Waals surface area contributed by atoms with Gasteiger partial charge in [-0.2, -0.15) is 0 Å². The van der Waals surface area contributed by atoms with E-state index in [-0.39, 0.29) is 5.91 Å². The Balaban J connectivity index is 2.76. The highest BCUT2D eigenvalue weighted by molar-refractivity contribution is 14.1. The summed E-state index contributed by atoms with van der Waals surface area (Å²) < 4.78 is 1.15. The highest BCUT2D eigenvalue weighted by atomic mass is 127. The van der Waals surface area contributed by atoms with E-state index in [0.29, 0.717) is 13.0 Å². The van der Waals surface area contributed by atoms with Crippen LogP contribution in [0.2, 0.25) is 0 Å². The quantitative estimate of drug-likeness (QED) is 0.838. The Morgan fingerprint density at radius 2 is 2.29 bits per heavy atom. The summed E-state index contributed by atoms with van der Waals surface area (Å²) in [5, 5.41) is 2.83. The number of benzene rings is 1. The van der Waals surface area contributed by atoms with Crippen LogP contribution in [-0.2, 0) is 4.79 Å². The van der Waals surface area contributed by atoms with E-state index < -0.39 is 0 Å². The molecule has 1 amide bonds. The van der Waals surface area contributed by atoms with Gasteiger partial charge in [0.1, 0.15) is 0 Å². The summed E-state index contributed by atoms with van der Waals surface area (Å²) in [6.07, 6.45) is 0.366. The van der Waals surface area contributed by atoms with Crippen molar-refractivity contribution in [1.82, 2.24) is 0 Å². The molecule has 76 valence electrons. The number of carbonyl (C=O) groups is 1. The number of carbonyl (C=O) groups excluding carboxylic acids is 1.